The molecule has 19 heavy (non-hydrogen) atoms. The van der Waals surface area contributed by atoms with Crippen LogP contribution in [0.2, 0.25) is 0 Å². The second kappa shape index (κ2) is 6.10. The molecule has 0 saturated carbocycles. The molecule has 2 heteroatoms. The maximum Gasteiger partial charge on any atom is 0.173 e. The Bertz CT molecular complexity index is 558. The number of benzene rings is 2. The van der Waals surface area contributed by atoms with Crippen LogP contribution < -0.4 is 0 Å². The van der Waals surface area contributed by atoms with Gasteiger partial charge in [0.15, 0.2) is 5.78 Å². The number of ketones is 2. The summed E-state index contributed by atoms with van der Waals surface area (Å²) in [7, 11) is 0. The molecule has 0 aliphatic carbocycles. The molecule has 0 fully saturated rings. The first-order valence-corrected chi connectivity index (χ1v) is 6.34. The lowest BCUT2D eigenvalue weighted by Gasteiger charge is -2.09. The molecule has 0 heterocycles. The van der Waals surface area contributed by atoms with Gasteiger partial charge in [0, 0.05) is 12.0 Å². The fourth-order valence-corrected chi connectivity index (χ4v) is 1.95. The van der Waals surface area contributed by atoms with E-state index < -0.39 is 5.92 Å². The van der Waals surface area contributed by atoms with Gasteiger partial charge in [-0.3, -0.25) is 9.59 Å². The highest BCUT2D eigenvalue weighted by atomic mass is 16.1. The van der Waals surface area contributed by atoms with Crippen molar-refractivity contribution in [3.05, 3.63) is 71.8 Å². The maximum absolute atomic E-state index is 12.2. The highest BCUT2D eigenvalue weighted by molar-refractivity contribution is 6.10. The zero-order chi connectivity index (χ0) is 13.7. The molecule has 0 radical (unpaired) electrons. The molecular formula is C17H16O2. The fraction of sp³-hybridized carbons (Fsp3) is 0.176. The van der Waals surface area contributed by atoms with Crippen LogP contribution in [0.1, 0.15) is 22.8 Å². The lowest BCUT2D eigenvalue weighted by molar-refractivity contribution is -0.120. The minimum absolute atomic E-state index is 0.0416. The van der Waals surface area contributed by atoms with Crippen molar-refractivity contribution in [3.8, 4) is 0 Å². The van der Waals surface area contributed by atoms with Gasteiger partial charge in [0.25, 0.3) is 0 Å². The van der Waals surface area contributed by atoms with Crippen molar-refractivity contribution in [1.29, 1.82) is 0 Å². The van der Waals surface area contributed by atoms with Crippen LogP contribution in [0.4, 0.5) is 0 Å². The first-order valence-electron chi connectivity index (χ1n) is 6.34. The molecule has 0 aromatic heterocycles. The van der Waals surface area contributed by atoms with Gasteiger partial charge in [-0.05, 0) is 12.5 Å². The van der Waals surface area contributed by atoms with Gasteiger partial charge in [-0.2, -0.15) is 0 Å². The van der Waals surface area contributed by atoms with Gasteiger partial charge in [0.2, 0.25) is 0 Å². The smallest absolute Gasteiger partial charge is 0.173 e. The molecule has 0 amide bonds. The van der Waals surface area contributed by atoms with Crippen LogP contribution in [0.25, 0.3) is 0 Å². The van der Waals surface area contributed by atoms with Crippen LogP contribution in [-0.4, -0.2) is 11.6 Å². The minimum atomic E-state index is -0.595. The Hall–Kier alpha value is -2.22. The molecule has 2 aromatic rings. The summed E-state index contributed by atoms with van der Waals surface area (Å²) in [6.07, 6.45) is 0.306. The van der Waals surface area contributed by atoms with E-state index in [1.807, 2.05) is 48.5 Å². The van der Waals surface area contributed by atoms with Gasteiger partial charge in [-0.25, -0.2) is 0 Å². The monoisotopic (exact) mass is 252 g/mol. The van der Waals surface area contributed by atoms with Crippen molar-refractivity contribution in [2.45, 2.75) is 13.3 Å². The summed E-state index contributed by atoms with van der Waals surface area (Å²) in [5.74, 6) is -0.746. The molecule has 0 saturated heterocycles. The van der Waals surface area contributed by atoms with Crippen molar-refractivity contribution in [3.63, 3.8) is 0 Å². The number of carbonyl (C=O) groups excluding carboxylic acids is 2. The predicted molar refractivity (Wildman–Crippen MR) is 75.1 cm³/mol. The van der Waals surface area contributed by atoms with E-state index in [0.717, 1.165) is 5.56 Å². The third-order valence-corrected chi connectivity index (χ3v) is 3.16. The average molecular weight is 252 g/mol. The number of hydrogen-bond donors (Lipinski definition) is 0. The van der Waals surface area contributed by atoms with Crippen LogP contribution in [0.3, 0.4) is 0 Å². The molecule has 1 atom stereocenters. The summed E-state index contributed by atoms with van der Waals surface area (Å²) in [5.41, 5.74) is 1.54. The zero-order valence-electron chi connectivity index (χ0n) is 10.9. The van der Waals surface area contributed by atoms with E-state index in [1.54, 1.807) is 19.1 Å². The van der Waals surface area contributed by atoms with Crippen LogP contribution in [0, 0.1) is 5.92 Å². The lowest BCUT2D eigenvalue weighted by atomic mass is 9.92. The molecule has 0 unspecified atom stereocenters. The van der Waals surface area contributed by atoms with E-state index in [9.17, 15) is 9.59 Å². The Morgan fingerprint density at radius 2 is 1.42 bits per heavy atom. The van der Waals surface area contributed by atoms with Gasteiger partial charge >= 0.3 is 0 Å². The number of carbonyl (C=O) groups is 2. The van der Waals surface area contributed by atoms with Crippen molar-refractivity contribution >= 4 is 11.6 Å². The van der Waals surface area contributed by atoms with E-state index in [0.29, 0.717) is 12.0 Å². The third-order valence-electron chi connectivity index (χ3n) is 3.16. The molecule has 0 aliphatic rings. The quantitative estimate of drug-likeness (QED) is 0.604. The second-order valence-electron chi connectivity index (χ2n) is 4.58. The molecule has 2 nitrogen and oxygen atoms in total. The highest BCUT2D eigenvalue weighted by Crippen LogP contribution is 2.12. The summed E-state index contributed by atoms with van der Waals surface area (Å²) >= 11 is 0. The first kappa shape index (κ1) is 13.2. The minimum Gasteiger partial charge on any atom is -0.299 e. The van der Waals surface area contributed by atoms with Gasteiger partial charge in [-0.15, -0.1) is 0 Å². The van der Waals surface area contributed by atoms with Gasteiger partial charge in [0.05, 0.1) is 5.92 Å². The van der Waals surface area contributed by atoms with Crippen molar-refractivity contribution < 1.29 is 9.59 Å². The first-order chi connectivity index (χ1) is 9.18. The predicted octanol–water partition coefficient (Wildman–Crippen LogP) is 3.32. The summed E-state index contributed by atoms with van der Waals surface area (Å²) in [6.45, 7) is 1.68. The molecule has 96 valence electrons. The van der Waals surface area contributed by atoms with Crippen LogP contribution >= 0.6 is 0 Å². The Morgan fingerprint density at radius 1 is 0.895 bits per heavy atom. The normalized spacial score (nSPS) is 11.8. The maximum atomic E-state index is 12.2. The van der Waals surface area contributed by atoms with Crippen molar-refractivity contribution in [2.75, 3.05) is 0 Å². The van der Waals surface area contributed by atoms with E-state index in [1.165, 1.54) is 0 Å². The van der Waals surface area contributed by atoms with Crippen molar-refractivity contribution in [2.24, 2.45) is 5.92 Å². The summed E-state index contributed by atoms with van der Waals surface area (Å²) in [5, 5.41) is 0. The molecule has 0 bridgehead atoms. The fourth-order valence-electron chi connectivity index (χ4n) is 1.95. The Kier molecular flexibility index (Phi) is 4.24. The lowest BCUT2D eigenvalue weighted by Crippen LogP contribution is -2.22. The number of rotatable bonds is 5. The summed E-state index contributed by atoms with van der Waals surface area (Å²) in [6, 6.07) is 18.5. The van der Waals surface area contributed by atoms with Gasteiger partial charge < -0.3 is 0 Å². The number of hydrogen-bond acceptors (Lipinski definition) is 2. The van der Waals surface area contributed by atoms with E-state index in [-0.39, 0.29) is 11.6 Å². The summed E-state index contributed by atoms with van der Waals surface area (Å²) < 4.78 is 0. The van der Waals surface area contributed by atoms with Crippen LogP contribution in [0.15, 0.2) is 60.7 Å². The average Bonchev–Trinajstić information content (AvgIpc) is 2.47. The SMILES string of the molecule is C[C@H](C(=O)Cc1ccccc1)C(=O)c1ccccc1. The van der Waals surface area contributed by atoms with Crippen LogP contribution in [0.5, 0.6) is 0 Å². The van der Waals surface area contributed by atoms with Gasteiger partial charge in [0.1, 0.15) is 5.78 Å². The molecular weight excluding hydrogens is 236 g/mol. The van der Waals surface area contributed by atoms with Gasteiger partial charge in [-0.1, -0.05) is 60.7 Å². The topological polar surface area (TPSA) is 34.1 Å². The van der Waals surface area contributed by atoms with Crippen LogP contribution in [-0.2, 0) is 11.2 Å². The number of Topliss-reactive ketones (excluding diaryl/α,β-unsaturated/α-hetero) is 2. The van der Waals surface area contributed by atoms with E-state index in [2.05, 4.69) is 0 Å². The Morgan fingerprint density at radius 3 is 2.00 bits per heavy atom. The highest BCUT2D eigenvalue weighted by Gasteiger charge is 2.22. The molecule has 2 rings (SSSR count). The third kappa shape index (κ3) is 3.38. The molecule has 0 spiro atoms. The molecule has 2 aromatic carbocycles. The Balaban J connectivity index is 2.06. The molecule has 0 aliphatic heterocycles. The second-order valence-corrected chi connectivity index (χ2v) is 4.58. The Labute approximate surface area is 113 Å². The molecule has 0 N–H and O–H groups in total. The zero-order valence-corrected chi connectivity index (χ0v) is 10.9. The van der Waals surface area contributed by atoms with Crippen molar-refractivity contribution in [1.82, 2.24) is 0 Å². The summed E-state index contributed by atoms with van der Waals surface area (Å²) in [4.78, 5) is 24.3. The van der Waals surface area contributed by atoms with E-state index >= 15 is 0 Å². The largest absolute Gasteiger partial charge is 0.299 e. The standard InChI is InChI=1S/C17H16O2/c1-13(17(19)15-10-6-3-7-11-15)16(18)12-14-8-4-2-5-9-14/h2-11,13H,12H2,1H3/t13-/m1/s1. The van der Waals surface area contributed by atoms with E-state index in [4.69, 9.17) is 0 Å².